The SMILES string of the molecule is C[C@H](NC(=O)Cc1cc(F)cc(F)c1)C(=O)NC1CNC(c2cccnc2)c2ccccc21. The first-order chi connectivity index (χ1) is 15.9. The van der Waals surface area contributed by atoms with Crippen molar-refractivity contribution in [3.8, 4) is 0 Å². The largest absolute Gasteiger partial charge is 0.346 e. The fraction of sp³-hybridized carbons (Fsp3) is 0.240. The lowest BCUT2D eigenvalue weighted by atomic mass is 9.88. The molecule has 6 nitrogen and oxygen atoms in total. The molecular formula is C25H24F2N4O2. The van der Waals surface area contributed by atoms with Crippen molar-refractivity contribution in [3.63, 3.8) is 0 Å². The molecule has 2 aromatic carbocycles. The van der Waals surface area contributed by atoms with Crippen LogP contribution >= 0.6 is 0 Å². The number of carbonyl (C=O) groups excluding carboxylic acids is 2. The Morgan fingerprint density at radius 1 is 1.09 bits per heavy atom. The van der Waals surface area contributed by atoms with E-state index in [1.807, 2.05) is 42.6 Å². The normalized spacial score (nSPS) is 18.2. The van der Waals surface area contributed by atoms with E-state index in [-0.39, 0.29) is 30.0 Å². The average Bonchev–Trinajstić information content (AvgIpc) is 2.79. The molecule has 1 aliphatic rings. The molecule has 0 bridgehead atoms. The van der Waals surface area contributed by atoms with Crippen molar-refractivity contribution in [2.75, 3.05) is 6.54 Å². The second kappa shape index (κ2) is 9.87. The molecule has 2 heterocycles. The van der Waals surface area contributed by atoms with E-state index in [1.54, 1.807) is 13.1 Å². The smallest absolute Gasteiger partial charge is 0.242 e. The molecule has 1 aromatic heterocycles. The maximum Gasteiger partial charge on any atom is 0.242 e. The number of nitrogens with one attached hydrogen (secondary N) is 3. The zero-order chi connectivity index (χ0) is 23.4. The van der Waals surface area contributed by atoms with Crippen LogP contribution in [0.25, 0.3) is 0 Å². The van der Waals surface area contributed by atoms with E-state index in [0.717, 1.165) is 34.9 Å². The Morgan fingerprint density at radius 3 is 2.52 bits per heavy atom. The first-order valence-electron chi connectivity index (χ1n) is 10.7. The van der Waals surface area contributed by atoms with Crippen LogP contribution in [-0.2, 0) is 16.0 Å². The summed E-state index contributed by atoms with van der Waals surface area (Å²) in [4.78, 5) is 29.3. The number of nitrogens with zero attached hydrogens (tertiary/aromatic N) is 1. The van der Waals surface area contributed by atoms with Gasteiger partial charge in [0, 0.05) is 25.0 Å². The van der Waals surface area contributed by atoms with E-state index < -0.39 is 23.6 Å². The Kier molecular flexibility index (Phi) is 6.74. The Morgan fingerprint density at radius 2 is 1.82 bits per heavy atom. The molecule has 170 valence electrons. The first-order valence-corrected chi connectivity index (χ1v) is 10.7. The average molecular weight is 450 g/mol. The van der Waals surface area contributed by atoms with Gasteiger partial charge >= 0.3 is 0 Å². The zero-order valence-corrected chi connectivity index (χ0v) is 18.0. The number of carbonyl (C=O) groups is 2. The van der Waals surface area contributed by atoms with E-state index in [9.17, 15) is 18.4 Å². The minimum absolute atomic E-state index is 0.0353. The van der Waals surface area contributed by atoms with Crippen molar-refractivity contribution < 1.29 is 18.4 Å². The summed E-state index contributed by atoms with van der Waals surface area (Å²) in [5, 5.41) is 9.03. The van der Waals surface area contributed by atoms with E-state index >= 15 is 0 Å². The molecule has 0 fully saturated rings. The quantitative estimate of drug-likeness (QED) is 0.539. The summed E-state index contributed by atoms with van der Waals surface area (Å²) in [7, 11) is 0. The Balaban J connectivity index is 1.40. The summed E-state index contributed by atoms with van der Waals surface area (Å²) >= 11 is 0. The molecule has 4 rings (SSSR count). The molecule has 3 N–H and O–H groups in total. The second-order valence-corrected chi connectivity index (χ2v) is 8.06. The van der Waals surface area contributed by atoms with E-state index in [4.69, 9.17) is 0 Å². The molecule has 1 aliphatic heterocycles. The number of rotatable bonds is 6. The molecule has 33 heavy (non-hydrogen) atoms. The van der Waals surface area contributed by atoms with Gasteiger partial charge in [-0.25, -0.2) is 8.78 Å². The van der Waals surface area contributed by atoms with E-state index in [2.05, 4.69) is 20.9 Å². The maximum absolute atomic E-state index is 13.3. The third-order valence-electron chi connectivity index (χ3n) is 5.60. The van der Waals surface area contributed by atoms with E-state index in [1.165, 1.54) is 0 Å². The summed E-state index contributed by atoms with van der Waals surface area (Å²) in [6, 6.07) is 13.6. The molecule has 2 amide bonds. The highest BCUT2D eigenvalue weighted by Gasteiger charge is 2.29. The highest BCUT2D eigenvalue weighted by atomic mass is 19.1. The van der Waals surface area contributed by atoms with Crippen LogP contribution in [-0.4, -0.2) is 29.4 Å². The van der Waals surface area contributed by atoms with Crippen LogP contribution in [0, 0.1) is 11.6 Å². The molecule has 0 spiro atoms. The fourth-order valence-corrected chi connectivity index (χ4v) is 4.07. The monoisotopic (exact) mass is 450 g/mol. The first kappa shape index (κ1) is 22.5. The van der Waals surface area contributed by atoms with Crippen LogP contribution in [0.1, 0.15) is 41.3 Å². The van der Waals surface area contributed by atoms with E-state index in [0.29, 0.717) is 6.54 Å². The highest BCUT2D eigenvalue weighted by Crippen LogP contribution is 2.32. The van der Waals surface area contributed by atoms with Crippen LogP contribution in [0.3, 0.4) is 0 Å². The molecule has 8 heteroatoms. The van der Waals surface area contributed by atoms with Gasteiger partial charge in [0.2, 0.25) is 11.8 Å². The topological polar surface area (TPSA) is 83.1 Å². The molecule has 3 atom stereocenters. The van der Waals surface area contributed by atoms with Gasteiger partial charge < -0.3 is 16.0 Å². The molecule has 0 saturated heterocycles. The number of hydrogen-bond acceptors (Lipinski definition) is 4. The lowest BCUT2D eigenvalue weighted by Crippen LogP contribution is -2.49. The van der Waals surface area contributed by atoms with Crippen LogP contribution in [0.15, 0.2) is 67.0 Å². The third-order valence-corrected chi connectivity index (χ3v) is 5.60. The van der Waals surface area contributed by atoms with Gasteiger partial charge in [-0.2, -0.15) is 0 Å². The molecular weight excluding hydrogens is 426 g/mol. The Labute approximate surface area is 190 Å². The number of pyridine rings is 1. The van der Waals surface area contributed by atoms with Gasteiger partial charge in [-0.1, -0.05) is 30.3 Å². The summed E-state index contributed by atoms with van der Waals surface area (Å²) in [5.74, 6) is -2.36. The van der Waals surface area contributed by atoms with Crippen molar-refractivity contribution in [2.45, 2.75) is 31.5 Å². The van der Waals surface area contributed by atoms with Crippen molar-refractivity contribution in [1.82, 2.24) is 20.9 Å². The van der Waals surface area contributed by atoms with Gasteiger partial charge in [0.15, 0.2) is 0 Å². The molecule has 0 radical (unpaired) electrons. The lowest BCUT2D eigenvalue weighted by Gasteiger charge is -2.34. The van der Waals surface area contributed by atoms with Gasteiger partial charge in [0.25, 0.3) is 0 Å². The highest BCUT2D eigenvalue weighted by molar-refractivity contribution is 5.88. The predicted octanol–water partition coefficient (Wildman–Crippen LogP) is 2.96. The third kappa shape index (κ3) is 5.40. The minimum Gasteiger partial charge on any atom is -0.346 e. The number of halogens is 2. The van der Waals surface area contributed by atoms with Crippen LogP contribution in [0.2, 0.25) is 0 Å². The minimum atomic E-state index is -0.820. The van der Waals surface area contributed by atoms with Gasteiger partial charge in [-0.05, 0) is 47.4 Å². The van der Waals surface area contributed by atoms with Crippen molar-refractivity contribution in [1.29, 1.82) is 0 Å². The second-order valence-electron chi connectivity index (χ2n) is 8.06. The Hall–Kier alpha value is -3.65. The molecule has 3 aromatic rings. The molecule has 0 saturated carbocycles. The number of hydrogen-bond donors (Lipinski definition) is 3. The van der Waals surface area contributed by atoms with Crippen molar-refractivity contribution in [2.24, 2.45) is 0 Å². The van der Waals surface area contributed by atoms with Crippen LogP contribution < -0.4 is 16.0 Å². The van der Waals surface area contributed by atoms with Gasteiger partial charge in [-0.3, -0.25) is 14.6 Å². The van der Waals surface area contributed by atoms with Gasteiger partial charge in [-0.15, -0.1) is 0 Å². The summed E-state index contributed by atoms with van der Waals surface area (Å²) in [5.41, 5.74) is 3.27. The summed E-state index contributed by atoms with van der Waals surface area (Å²) in [6.45, 7) is 2.07. The lowest BCUT2D eigenvalue weighted by molar-refractivity contribution is -0.128. The maximum atomic E-state index is 13.3. The van der Waals surface area contributed by atoms with Crippen LogP contribution in [0.5, 0.6) is 0 Å². The van der Waals surface area contributed by atoms with Gasteiger partial charge in [0.1, 0.15) is 17.7 Å². The van der Waals surface area contributed by atoms with Crippen molar-refractivity contribution in [3.05, 3.63) is 101 Å². The van der Waals surface area contributed by atoms with Gasteiger partial charge in [0.05, 0.1) is 18.5 Å². The summed E-state index contributed by atoms with van der Waals surface area (Å²) < 4.78 is 26.7. The Bertz CT molecular complexity index is 1140. The predicted molar refractivity (Wildman–Crippen MR) is 119 cm³/mol. The van der Waals surface area contributed by atoms with Crippen LogP contribution in [0.4, 0.5) is 8.78 Å². The van der Waals surface area contributed by atoms with Crippen molar-refractivity contribution >= 4 is 11.8 Å². The molecule has 0 aliphatic carbocycles. The fourth-order valence-electron chi connectivity index (χ4n) is 4.07. The molecule has 2 unspecified atom stereocenters. The number of benzene rings is 2. The number of fused-ring (bicyclic) bond motifs is 1. The zero-order valence-electron chi connectivity index (χ0n) is 18.0. The number of aromatic nitrogens is 1. The number of amides is 2. The standard InChI is InChI=1S/C25H24F2N4O2/c1-15(30-23(32)11-16-9-18(26)12-19(27)10-16)25(33)31-22-14-29-24(17-5-4-8-28-13-17)21-7-3-2-6-20(21)22/h2-10,12-13,15,22,24,29H,11,14H2,1H3,(H,30,32)(H,31,33)/t15-,22?,24?/m0/s1. The summed E-state index contributed by atoms with van der Waals surface area (Å²) in [6.07, 6.45) is 3.31.